The molecule has 1 rings (SSSR count). The minimum Gasteiger partial charge on any atom is -0.444 e. The minimum atomic E-state index is -0.518. The lowest BCUT2D eigenvalue weighted by Crippen LogP contribution is -2.56. The number of nitrogens with zero attached hydrogens (tertiary/aromatic N) is 3. The number of hydrogen-bond acceptors (Lipinski definition) is 5. The van der Waals surface area contributed by atoms with E-state index in [2.05, 4.69) is 60.6 Å². The Bertz CT molecular complexity index is 528. The molecule has 0 aromatic rings. The van der Waals surface area contributed by atoms with Crippen molar-refractivity contribution in [2.45, 2.75) is 71.6 Å². The smallest absolute Gasteiger partial charge is 0.408 e. The van der Waals surface area contributed by atoms with Gasteiger partial charge in [0, 0.05) is 38.8 Å². The topological polar surface area (TPSA) is 81.2 Å². The first-order valence-corrected chi connectivity index (χ1v) is 11.0. The number of piperazine rings is 1. The van der Waals surface area contributed by atoms with E-state index in [1.807, 2.05) is 20.8 Å². The molecule has 8 heteroatoms. The van der Waals surface area contributed by atoms with E-state index in [9.17, 15) is 4.79 Å². The summed E-state index contributed by atoms with van der Waals surface area (Å²) in [6.45, 7) is 17.2. The summed E-state index contributed by atoms with van der Waals surface area (Å²) in [5.41, 5.74) is -0.942. The third-order valence-electron chi connectivity index (χ3n) is 5.49. The van der Waals surface area contributed by atoms with Crippen LogP contribution >= 0.6 is 0 Å². The summed E-state index contributed by atoms with van der Waals surface area (Å²) in [6, 6.07) is 0.444. The van der Waals surface area contributed by atoms with Crippen molar-refractivity contribution in [2.75, 3.05) is 53.4 Å². The van der Waals surface area contributed by atoms with Gasteiger partial charge in [0.15, 0.2) is 5.96 Å². The fourth-order valence-corrected chi connectivity index (χ4v) is 3.32. The monoisotopic (exact) mass is 412 g/mol. The average molecular weight is 413 g/mol. The highest BCUT2D eigenvalue weighted by Crippen LogP contribution is 2.17. The summed E-state index contributed by atoms with van der Waals surface area (Å²) in [6.07, 6.45) is 1.17. The largest absolute Gasteiger partial charge is 0.444 e. The normalized spacial score (nSPS) is 19.7. The second-order valence-electron chi connectivity index (χ2n) is 9.09. The van der Waals surface area contributed by atoms with Gasteiger partial charge >= 0.3 is 6.09 Å². The van der Waals surface area contributed by atoms with E-state index in [0.717, 1.165) is 51.5 Å². The van der Waals surface area contributed by atoms with Gasteiger partial charge in [-0.2, -0.15) is 0 Å². The Morgan fingerprint density at radius 3 is 2.31 bits per heavy atom. The molecule has 0 aromatic heterocycles. The maximum Gasteiger partial charge on any atom is 0.408 e. The van der Waals surface area contributed by atoms with Gasteiger partial charge in [-0.25, -0.2) is 4.79 Å². The second kappa shape index (κ2) is 11.6. The third-order valence-corrected chi connectivity index (χ3v) is 5.49. The Morgan fingerprint density at radius 1 is 1.10 bits per heavy atom. The minimum absolute atomic E-state index is 0.388. The highest BCUT2D eigenvalue weighted by Gasteiger charge is 2.30. The molecule has 8 nitrogen and oxygen atoms in total. The van der Waals surface area contributed by atoms with Crippen molar-refractivity contribution >= 4 is 12.1 Å². The maximum atomic E-state index is 12.3. The van der Waals surface area contributed by atoms with Gasteiger partial charge in [0.25, 0.3) is 0 Å². The molecule has 1 amide bonds. The first-order valence-electron chi connectivity index (χ1n) is 11.0. The Labute approximate surface area is 177 Å². The molecule has 1 atom stereocenters. The van der Waals surface area contributed by atoms with E-state index < -0.39 is 11.1 Å². The number of guanidine groups is 1. The van der Waals surface area contributed by atoms with Crippen molar-refractivity contribution in [3.8, 4) is 0 Å². The van der Waals surface area contributed by atoms with Crippen LogP contribution in [-0.2, 0) is 4.74 Å². The summed E-state index contributed by atoms with van der Waals surface area (Å²) < 4.78 is 5.46. The van der Waals surface area contributed by atoms with Crippen molar-refractivity contribution in [2.24, 2.45) is 4.99 Å². The molecule has 0 radical (unpaired) electrons. The standard InChI is InChI=1S/C21H44N6O2/c1-9-21(10-2,25-19(28)29-20(4,5)6)16-24-18(22-11-3)23-14-17-15-26(7)12-13-27(17)8/h17H,9-16H2,1-8H3,(H,25,28)(H2,22,23,24). The first-order chi connectivity index (χ1) is 13.5. The van der Waals surface area contributed by atoms with Crippen LogP contribution in [-0.4, -0.2) is 92.4 Å². The summed E-state index contributed by atoms with van der Waals surface area (Å²) in [5, 5.41) is 9.87. The number of nitrogens with one attached hydrogen (secondary N) is 3. The molecule has 170 valence electrons. The lowest BCUT2D eigenvalue weighted by molar-refractivity contribution is 0.0452. The third kappa shape index (κ3) is 9.21. The Morgan fingerprint density at radius 2 is 1.76 bits per heavy atom. The highest BCUT2D eigenvalue weighted by molar-refractivity contribution is 5.80. The molecule has 0 aliphatic carbocycles. The number of rotatable bonds is 8. The van der Waals surface area contributed by atoms with E-state index in [4.69, 9.17) is 9.73 Å². The van der Waals surface area contributed by atoms with Crippen LogP contribution in [0.3, 0.4) is 0 Å². The molecular formula is C21H44N6O2. The number of carbonyl (C=O) groups is 1. The van der Waals surface area contributed by atoms with Crippen molar-refractivity contribution < 1.29 is 9.53 Å². The van der Waals surface area contributed by atoms with Crippen LogP contribution in [0.25, 0.3) is 0 Å². The van der Waals surface area contributed by atoms with E-state index in [1.165, 1.54) is 0 Å². The van der Waals surface area contributed by atoms with Gasteiger partial charge in [0.1, 0.15) is 5.60 Å². The van der Waals surface area contributed by atoms with E-state index >= 15 is 0 Å². The summed E-state index contributed by atoms with van der Waals surface area (Å²) in [4.78, 5) is 21.9. The number of carbonyl (C=O) groups excluding carboxylic acids is 1. The van der Waals surface area contributed by atoms with Gasteiger partial charge in [-0.05, 0) is 54.6 Å². The van der Waals surface area contributed by atoms with Gasteiger partial charge in [-0.1, -0.05) is 13.8 Å². The van der Waals surface area contributed by atoms with E-state index in [1.54, 1.807) is 0 Å². The summed E-state index contributed by atoms with van der Waals surface area (Å²) in [7, 11) is 4.34. The van der Waals surface area contributed by atoms with Crippen LogP contribution in [0.15, 0.2) is 4.99 Å². The van der Waals surface area contributed by atoms with Crippen LogP contribution in [0.4, 0.5) is 4.79 Å². The molecule has 1 aliphatic rings. The molecule has 29 heavy (non-hydrogen) atoms. The molecule has 0 saturated carbocycles. The zero-order chi connectivity index (χ0) is 22.1. The van der Waals surface area contributed by atoms with Crippen LogP contribution in [0, 0.1) is 0 Å². The number of amides is 1. The predicted molar refractivity (Wildman–Crippen MR) is 121 cm³/mol. The molecule has 1 unspecified atom stereocenters. The molecule has 0 aromatic carbocycles. The molecule has 1 fully saturated rings. The summed E-state index contributed by atoms with van der Waals surface area (Å²) in [5.74, 6) is 0.784. The first kappa shape index (κ1) is 25.5. The fourth-order valence-electron chi connectivity index (χ4n) is 3.32. The lowest BCUT2D eigenvalue weighted by Gasteiger charge is -2.38. The molecule has 3 N–H and O–H groups in total. The van der Waals surface area contributed by atoms with Crippen LogP contribution in [0.1, 0.15) is 54.4 Å². The quantitative estimate of drug-likeness (QED) is 0.417. The SMILES string of the molecule is CCNC(=NCC(CC)(CC)NC(=O)OC(C)(C)C)NCC1CN(C)CCN1C. The molecule has 1 heterocycles. The highest BCUT2D eigenvalue weighted by atomic mass is 16.6. The molecule has 0 spiro atoms. The van der Waals surface area contributed by atoms with Crippen LogP contribution < -0.4 is 16.0 Å². The number of aliphatic imine (C=N–C) groups is 1. The van der Waals surface area contributed by atoms with E-state index in [0.29, 0.717) is 12.6 Å². The van der Waals surface area contributed by atoms with Crippen molar-refractivity contribution in [1.82, 2.24) is 25.8 Å². The molecule has 1 aliphatic heterocycles. The van der Waals surface area contributed by atoms with Gasteiger partial charge in [-0.15, -0.1) is 0 Å². The molecule has 1 saturated heterocycles. The van der Waals surface area contributed by atoms with Gasteiger partial charge in [0.2, 0.25) is 0 Å². The zero-order valence-corrected chi connectivity index (χ0v) is 19.9. The molecular weight excluding hydrogens is 368 g/mol. The number of ether oxygens (including phenoxy) is 1. The van der Waals surface area contributed by atoms with E-state index in [-0.39, 0.29) is 6.09 Å². The lowest BCUT2D eigenvalue weighted by atomic mass is 9.93. The van der Waals surface area contributed by atoms with Crippen LogP contribution in [0.2, 0.25) is 0 Å². The van der Waals surface area contributed by atoms with Gasteiger partial charge in [-0.3, -0.25) is 9.89 Å². The zero-order valence-electron chi connectivity index (χ0n) is 19.9. The second-order valence-corrected chi connectivity index (χ2v) is 9.09. The number of hydrogen-bond donors (Lipinski definition) is 3. The molecule has 0 bridgehead atoms. The predicted octanol–water partition coefficient (Wildman–Crippen LogP) is 1.87. The Hall–Kier alpha value is -1.54. The Kier molecular flexibility index (Phi) is 10.2. The van der Waals surface area contributed by atoms with Crippen molar-refractivity contribution in [3.05, 3.63) is 0 Å². The maximum absolute atomic E-state index is 12.3. The van der Waals surface area contributed by atoms with Crippen molar-refractivity contribution in [1.29, 1.82) is 0 Å². The number of alkyl carbamates (subject to hydrolysis) is 1. The summed E-state index contributed by atoms with van der Waals surface area (Å²) >= 11 is 0. The van der Waals surface area contributed by atoms with Gasteiger partial charge in [0.05, 0.1) is 12.1 Å². The van der Waals surface area contributed by atoms with Crippen LogP contribution in [0.5, 0.6) is 0 Å². The Balaban J connectivity index is 2.76. The van der Waals surface area contributed by atoms with Crippen molar-refractivity contribution in [3.63, 3.8) is 0 Å². The number of likely N-dealkylation sites (N-methyl/N-ethyl adjacent to an activating group) is 2. The fraction of sp³-hybridized carbons (Fsp3) is 0.905. The van der Waals surface area contributed by atoms with Gasteiger partial charge < -0.3 is 25.6 Å². The average Bonchev–Trinajstić information content (AvgIpc) is 2.63.